The molecule has 3 unspecified atom stereocenters. The molecule has 1 heterocycles. The van der Waals surface area contributed by atoms with E-state index in [0.717, 1.165) is 43.2 Å². The zero-order valence-electron chi connectivity index (χ0n) is 19.8. The minimum atomic E-state index is -0.803. The molecule has 2 aromatic carbocycles. The topological polar surface area (TPSA) is 59.0 Å². The quantitative estimate of drug-likeness (QED) is 0.553. The summed E-state index contributed by atoms with van der Waals surface area (Å²) in [6.07, 6.45) is 3.42. The third-order valence-electron chi connectivity index (χ3n) is 5.83. The monoisotopic (exact) mass is 439 g/mol. The van der Waals surface area contributed by atoms with Gasteiger partial charge in [0.05, 0.1) is 12.1 Å². The first-order valence-electron chi connectivity index (χ1n) is 11.7. The highest BCUT2D eigenvalue weighted by Crippen LogP contribution is 2.35. The second-order valence-electron chi connectivity index (χ2n) is 9.62. The number of aliphatic hydroxyl groups is 1. The molecule has 2 aromatic rings. The van der Waals surface area contributed by atoms with E-state index in [4.69, 9.17) is 9.47 Å². The Morgan fingerprint density at radius 1 is 1.12 bits per heavy atom. The van der Waals surface area contributed by atoms with Crippen LogP contribution in [0.4, 0.5) is 4.79 Å². The summed E-state index contributed by atoms with van der Waals surface area (Å²) in [7, 11) is 0. The molecule has 0 spiro atoms. The Labute approximate surface area is 192 Å². The van der Waals surface area contributed by atoms with Crippen LogP contribution < -0.4 is 4.74 Å². The van der Waals surface area contributed by atoms with Gasteiger partial charge in [-0.3, -0.25) is 4.90 Å². The lowest BCUT2D eigenvalue weighted by atomic mass is 9.88. The van der Waals surface area contributed by atoms with Gasteiger partial charge in [-0.05, 0) is 69.7 Å². The van der Waals surface area contributed by atoms with Crippen LogP contribution in [0.5, 0.6) is 5.75 Å². The summed E-state index contributed by atoms with van der Waals surface area (Å²) in [5, 5.41) is 11.4. The van der Waals surface area contributed by atoms with E-state index in [1.54, 1.807) is 4.90 Å². The van der Waals surface area contributed by atoms with Crippen molar-refractivity contribution >= 4 is 6.09 Å². The van der Waals surface area contributed by atoms with E-state index in [2.05, 4.69) is 6.92 Å². The second-order valence-corrected chi connectivity index (χ2v) is 9.62. The number of ether oxygens (including phenoxy) is 2. The lowest BCUT2D eigenvalue weighted by Crippen LogP contribution is -2.53. The van der Waals surface area contributed by atoms with Gasteiger partial charge in [-0.25, -0.2) is 4.79 Å². The Hall–Kier alpha value is -2.53. The summed E-state index contributed by atoms with van der Waals surface area (Å²) in [6.45, 7) is 8.22. The molecule has 0 aliphatic carbocycles. The number of hydrogen-bond acceptors (Lipinski definition) is 4. The Morgan fingerprint density at radius 2 is 1.88 bits per heavy atom. The summed E-state index contributed by atoms with van der Waals surface area (Å²) in [5.74, 6) is 0.704. The minimum Gasteiger partial charge on any atom is -0.489 e. The van der Waals surface area contributed by atoms with E-state index in [0.29, 0.717) is 12.4 Å². The molecule has 174 valence electrons. The molecule has 1 saturated heterocycles. The molecule has 1 aliphatic heterocycles. The first-order valence-corrected chi connectivity index (χ1v) is 11.7. The van der Waals surface area contributed by atoms with Gasteiger partial charge < -0.3 is 14.6 Å². The van der Waals surface area contributed by atoms with E-state index >= 15 is 0 Å². The molecule has 0 saturated carbocycles. The molecule has 0 aromatic heterocycles. The molecule has 5 nitrogen and oxygen atoms in total. The van der Waals surface area contributed by atoms with Crippen LogP contribution in [-0.2, 0) is 11.3 Å². The first kappa shape index (κ1) is 24.1. The lowest BCUT2D eigenvalue weighted by molar-refractivity contribution is -0.0368. The normalized spacial score (nSPS) is 20.0. The molecule has 5 heteroatoms. The number of amides is 1. The number of piperidine rings is 1. The van der Waals surface area contributed by atoms with Gasteiger partial charge in [-0.2, -0.15) is 0 Å². The molecule has 1 amide bonds. The summed E-state index contributed by atoms with van der Waals surface area (Å²) >= 11 is 0. The van der Waals surface area contributed by atoms with Crippen molar-refractivity contribution in [2.24, 2.45) is 0 Å². The summed E-state index contributed by atoms with van der Waals surface area (Å²) < 4.78 is 11.7. The van der Waals surface area contributed by atoms with E-state index in [1.807, 2.05) is 75.4 Å². The summed E-state index contributed by atoms with van der Waals surface area (Å²) in [4.78, 5) is 14.9. The van der Waals surface area contributed by atoms with Crippen molar-refractivity contribution in [3.05, 3.63) is 65.7 Å². The van der Waals surface area contributed by atoms with Gasteiger partial charge in [-0.15, -0.1) is 0 Å². The Bertz CT molecular complexity index is 859. The van der Waals surface area contributed by atoms with E-state index in [1.165, 1.54) is 0 Å². The predicted octanol–water partition coefficient (Wildman–Crippen LogP) is 6.26. The molecule has 0 bridgehead atoms. The van der Waals surface area contributed by atoms with Gasteiger partial charge in [0.2, 0.25) is 0 Å². The van der Waals surface area contributed by atoms with Gasteiger partial charge >= 0.3 is 6.09 Å². The van der Waals surface area contributed by atoms with E-state index in [9.17, 15) is 9.90 Å². The van der Waals surface area contributed by atoms with Gasteiger partial charge in [0.25, 0.3) is 0 Å². The van der Waals surface area contributed by atoms with Crippen LogP contribution in [0.2, 0.25) is 0 Å². The van der Waals surface area contributed by atoms with Crippen molar-refractivity contribution < 1.29 is 19.4 Å². The Balaban J connectivity index is 1.78. The molecule has 3 atom stereocenters. The molecule has 0 radical (unpaired) electrons. The molecule has 3 rings (SSSR count). The van der Waals surface area contributed by atoms with Crippen LogP contribution in [0.3, 0.4) is 0 Å². The first-order chi connectivity index (χ1) is 15.3. The largest absolute Gasteiger partial charge is 0.489 e. The maximum atomic E-state index is 13.1. The molecule has 32 heavy (non-hydrogen) atoms. The molecule has 1 N–H and O–H groups in total. The van der Waals surface area contributed by atoms with Gasteiger partial charge in [0.15, 0.2) is 0 Å². The second kappa shape index (κ2) is 10.9. The number of benzene rings is 2. The van der Waals surface area contributed by atoms with Crippen molar-refractivity contribution in [2.75, 3.05) is 0 Å². The minimum absolute atomic E-state index is 0.0840. The number of carbonyl (C=O) groups excluding carboxylic acids is 1. The van der Waals surface area contributed by atoms with Crippen molar-refractivity contribution in [3.8, 4) is 5.75 Å². The number of nitrogens with zero attached hydrogens (tertiary/aromatic N) is 1. The van der Waals surface area contributed by atoms with E-state index in [-0.39, 0.29) is 18.2 Å². The van der Waals surface area contributed by atoms with Crippen molar-refractivity contribution in [1.29, 1.82) is 0 Å². The van der Waals surface area contributed by atoms with Gasteiger partial charge in [0, 0.05) is 6.04 Å². The van der Waals surface area contributed by atoms with Gasteiger partial charge in [0.1, 0.15) is 18.0 Å². The number of hydrogen-bond donors (Lipinski definition) is 1. The maximum Gasteiger partial charge on any atom is 0.410 e. The van der Waals surface area contributed by atoms with Crippen LogP contribution in [0.25, 0.3) is 0 Å². The molecule has 1 fully saturated rings. The zero-order chi connectivity index (χ0) is 23.1. The third-order valence-corrected chi connectivity index (χ3v) is 5.83. The van der Waals surface area contributed by atoms with Crippen molar-refractivity contribution in [3.63, 3.8) is 0 Å². The molecular formula is C27H37NO4. The average Bonchev–Trinajstić information content (AvgIpc) is 2.77. The summed E-state index contributed by atoms with van der Waals surface area (Å²) in [5.41, 5.74) is 1.27. The average molecular weight is 440 g/mol. The number of carbonyl (C=O) groups is 1. The van der Waals surface area contributed by atoms with Crippen molar-refractivity contribution in [2.45, 2.75) is 90.2 Å². The van der Waals surface area contributed by atoms with Crippen molar-refractivity contribution in [1.82, 2.24) is 4.90 Å². The highest BCUT2D eigenvalue weighted by molar-refractivity contribution is 5.69. The van der Waals surface area contributed by atoms with Crippen LogP contribution in [-0.4, -0.2) is 33.8 Å². The highest BCUT2D eigenvalue weighted by atomic mass is 16.6. The summed E-state index contributed by atoms with van der Waals surface area (Å²) in [6, 6.07) is 17.3. The highest BCUT2D eigenvalue weighted by Gasteiger charge is 2.40. The predicted molar refractivity (Wildman–Crippen MR) is 127 cm³/mol. The fourth-order valence-corrected chi connectivity index (χ4v) is 4.39. The maximum absolute atomic E-state index is 13.1. The van der Waals surface area contributed by atoms with Crippen LogP contribution >= 0.6 is 0 Å². The van der Waals surface area contributed by atoms with Gasteiger partial charge in [-0.1, -0.05) is 55.8 Å². The molecular weight excluding hydrogens is 402 g/mol. The number of aliphatic hydroxyl groups excluding tert-OH is 1. The fourth-order valence-electron chi connectivity index (χ4n) is 4.39. The van der Waals surface area contributed by atoms with Crippen LogP contribution in [0.15, 0.2) is 54.6 Å². The number of likely N-dealkylation sites (tertiary alicyclic amines) is 1. The zero-order valence-corrected chi connectivity index (χ0v) is 19.8. The van der Waals surface area contributed by atoms with E-state index < -0.39 is 11.7 Å². The SMILES string of the molecule is CCCC1CCCC(C(O)c2cccc(OCc3ccccc3)c2)N1C(=O)OC(C)(C)C. The number of rotatable bonds is 7. The standard InChI is InChI=1S/C27H37NO4/c1-5-11-22-15-10-17-24(28(22)26(30)32-27(2,3)4)25(29)21-14-9-16-23(18-21)31-19-20-12-7-6-8-13-20/h6-9,12-14,16,18,22,24-25,29H,5,10-11,15,17,19H2,1-4H3. The van der Waals surface area contributed by atoms with Crippen LogP contribution in [0, 0.1) is 0 Å². The fraction of sp³-hybridized carbons (Fsp3) is 0.519. The Morgan fingerprint density at radius 3 is 2.56 bits per heavy atom. The Kier molecular flexibility index (Phi) is 8.19. The third kappa shape index (κ3) is 6.49. The van der Waals surface area contributed by atoms with Crippen LogP contribution in [0.1, 0.15) is 77.0 Å². The molecule has 1 aliphatic rings. The lowest BCUT2D eigenvalue weighted by Gasteiger charge is -2.44. The smallest absolute Gasteiger partial charge is 0.410 e.